The van der Waals surface area contributed by atoms with Crippen LogP contribution in [0.1, 0.15) is 26.2 Å². The number of nitrogens with one attached hydrogen (secondary N) is 2. The van der Waals surface area contributed by atoms with Crippen LogP contribution in [0.25, 0.3) is 0 Å². The minimum Gasteiger partial charge on any atom is -0.317 e. The van der Waals surface area contributed by atoms with Crippen LogP contribution in [0.5, 0.6) is 0 Å². The minimum atomic E-state index is -3.33. The van der Waals surface area contributed by atoms with E-state index in [1.807, 2.05) is 7.05 Å². The van der Waals surface area contributed by atoms with Crippen molar-refractivity contribution < 1.29 is 8.42 Å². The van der Waals surface area contributed by atoms with Gasteiger partial charge in [0, 0.05) is 26.2 Å². The fraction of sp³-hybridized carbons (Fsp3) is 1.00. The minimum absolute atomic E-state index is 0.0515. The summed E-state index contributed by atoms with van der Waals surface area (Å²) in [5.74, 6) is 0. The van der Waals surface area contributed by atoms with Gasteiger partial charge in [-0.1, -0.05) is 6.92 Å². The van der Waals surface area contributed by atoms with Crippen LogP contribution < -0.4 is 10.0 Å². The predicted octanol–water partition coefficient (Wildman–Crippen LogP) is -0.154. The Balaban J connectivity index is 2.27. The van der Waals surface area contributed by atoms with Gasteiger partial charge in [0.1, 0.15) is 0 Å². The van der Waals surface area contributed by atoms with Gasteiger partial charge in [-0.25, -0.2) is 0 Å². The van der Waals surface area contributed by atoms with E-state index in [1.54, 1.807) is 7.05 Å². The fourth-order valence-corrected chi connectivity index (χ4v) is 3.34. The lowest BCUT2D eigenvalue weighted by Crippen LogP contribution is -2.45. The van der Waals surface area contributed by atoms with Crippen LogP contribution in [-0.4, -0.2) is 70.5 Å². The summed E-state index contributed by atoms with van der Waals surface area (Å²) in [7, 11) is 0.320. The van der Waals surface area contributed by atoms with Crippen molar-refractivity contribution in [3.63, 3.8) is 0 Å². The SMILES string of the molecule is CCCNCCCN(C)S(=O)(=O)NC1CCN(C)C1. The first-order valence-electron chi connectivity index (χ1n) is 7.08. The molecular weight excluding hydrogens is 264 g/mol. The van der Waals surface area contributed by atoms with Crippen LogP contribution in [0.15, 0.2) is 0 Å². The molecule has 0 aromatic carbocycles. The molecular formula is C12H28N4O2S. The maximum Gasteiger partial charge on any atom is 0.279 e. The number of rotatable bonds is 9. The predicted molar refractivity (Wildman–Crippen MR) is 78.4 cm³/mol. The van der Waals surface area contributed by atoms with Gasteiger partial charge in [0.05, 0.1) is 0 Å². The van der Waals surface area contributed by atoms with Gasteiger partial charge in [0.25, 0.3) is 10.2 Å². The van der Waals surface area contributed by atoms with Crippen molar-refractivity contribution in [2.45, 2.75) is 32.2 Å². The normalized spacial score (nSPS) is 21.4. The summed E-state index contributed by atoms with van der Waals surface area (Å²) in [4.78, 5) is 2.14. The van der Waals surface area contributed by atoms with Crippen molar-refractivity contribution in [1.82, 2.24) is 19.2 Å². The van der Waals surface area contributed by atoms with Crippen molar-refractivity contribution in [3.05, 3.63) is 0 Å². The first-order valence-corrected chi connectivity index (χ1v) is 8.52. The molecule has 0 spiro atoms. The van der Waals surface area contributed by atoms with E-state index in [-0.39, 0.29) is 6.04 Å². The molecule has 0 bridgehead atoms. The van der Waals surface area contributed by atoms with Crippen molar-refractivity contribution in [2.24, 2.45) is 0 Å². The van der Waals surface area contributed by atoms with E-state index in [9.17, 15) is 8.42 Å². The standard InChI is InChI=1S/C12H28N4O2S/c1-4-7-13-8-5-9-16(3)19(17,18)14-12-6-10-15(2)11-12/h12-14H,4-11H2,1-3H3. The number of likely N-dealkylation sites (tertiary alicyclic amines) is 1. The monoisotopic (exact) mass is 292 g/mol. The van der Waals surface area contributed by atoms with Crippen LogP contribution >= 0.6 is 0 Å². The van der Waals surface area contributed by atoms with E-state index >= 15 is 0 Å². The van der Waals surface area contributed by atoms with Gasteiger partial charge >= 0.3 is 0 Å². The Morgan fingerprint density at radius 3 is 2.68 bits per heavy atom. The lowest BCUT2D eigenvalue weighted by molar-refractivity contribution is 0.400. The number of hydrogen-bond donors (Lipinski definition) is 2. The summed E-state index contributed by atoms with van der Waals surface area (Å²) in [6, 6.07) is 0.0515. The average molecular weight is 292 g/mol. The lowest BCUT2D eigenvalue weighted by atomic mass is 10.3. The molecule has 1 atom stereocenters. The lowest BCUT2D eigenvalue weighted by Gasteiger charge is -2.20. The molecule has 0 aromatic heterocycles. The van der Waals surface area contributed by atoms with E-state index in [0.29, 0.717) is 6.54 Å². The molecule has 1 unspecified atom stereocenters. The number of likely N-dealkylation sites (N-methyl/N-ethyl adjacent to an activating group) is 1. The largest absolute Gasteiger partial charge is 0.317 e. The topological polar surface area (TPSA) is 64.7 Å². The summed E-state index contributed by atoms with van der Waals surface area (Å²) in [6.07, 6.45) is 2.83. The van der Waals surface area contributed by atoms with Crippen molar-refractivity contribution in [2.75, 3.05) is 46.8 Å². The Bertz CT molecular complexity index is 348. The average Bonchev–Trinajstić information content (AvgIpc) is 2.73. The van der Waals surface area contributed by atoms with Gasteiger partial charge in [-0.15, -0.1) is 0 Å². The second-order valence-corrected chi connectivity index (χ2v) is 7.11. The Kier molecular flexibility index (Phi) is 7.23. The molecule has 1 rings (SSSR count). The fourth-order valence-electron chi connectivity index (χ4n) is 2.18. The third-order valence-corrected chi connectivity index (χ3v) is 5.00. The van der Waals surface area contributed by atoms with Gasteiger partial charge in [-0.2, -0.15) is 17.4 Å². The van der Waals surface area contributed by atoms with E-state index in [0.717, 1.165) is 45.4 Å². The maximum absolute atomic E-state index is 12.1. The smallest absolute Gasteiger partial charge is 0.279 e. The van der Waals surface area contributed by atoms with Crippen molar-refractivity contribution in [1.29, 1.82) is 0 Å². The van der Waals surface area contributed by atoms with Crippen molar-refractivity contribution in [3.8, 4) is 0 Å². The highest BCUT2D eigenvalue weighted by molar-refractivity contribution is 7.87. The van der Waals surface area contributed by atoms with Crippen LogP contribution in [0.3, 0.4) is 0 Å². The molecule has 1 aliphatic heterocycles. The van der Waals surface area contributed by atoms with E-state index < -0.39 is 10.2 Å². The van der Waals surface area contributed by atoms with E-state index in [2.05, 4.69) is 21.9 Å². The molecule has 7 heteroatoms. The van der Waals surface area contributed by atoms with E-state index in [1.165, 1.54) is 4.31 Å². The zero-order chi connectivity index (χ0) is 14.3. The molecule has 1 saturated heterocycles. The molecule has 1 aliphatic rings. The molecule has 0 aliphatic carbocycles. The third kappa shape index (κ3) is 6.18. The molecule has 1 heterocycles. The highest BCUT2D eigenvalue weighted by atomic mass is 32.2. The molecule has 114 valence electrons. The summed E-state index contributed by atoms with van der Waals surface area (Å²) < 4.78 is 28.4. The molecule has 0 radical (unpaired) electrons. The van der Waals surface area contributed by atoms with Gasteiger partial charge in [0.15, 0.2) is 0 Å². The van der Waals surface area contributed by atoms with Gasteiger partial charge in [-0.05, 0) is 45.9 Å². The molecule has 0 saturated carbocycles. The van der Waals surface area contributed by atoms with Crippen LogP contribution in [0.4, 0.5) is 0 Å². The molecule has 19 heavy (non-hydrogen) atoms. The second-order valence-electron chi connectivity index (χ2n) is 5.30. The Labute approximate surface area is 117 Å². The van der Waals surface area contributed by atoms with Crippen LogP contribution in [-0.2, 0) is 10.2 Å². The number of nitrogens with zero attached hydrogens (tertiary/aromatic N) is 2. The first-order chi connectivity index (χ1) is 8.95. The summed E-state index contributed by atoms with van der Waals surface area (Å²) in [6.45, 7) is 6.27. The zero-order valence-electron chi connectivity index (χ0n) is 12.4. The number of hydrogen-bond acceptors (Lipinski definition) is 4. The summed E-state index contributed by atoms with van der Waals surface area (Å²) >= 11 is 0. The Morgan fingerprint density at radius 2 is 2.11 bits per heavy atom. The third-order valence-electron chi connectivity index (χ3n) is 3.37. The summed E-state index contributed by atoms with van der Waals surface area (Å²) in [5, 5.41) is 3.27. The molecule has 1 fully saturated rings. The van der Waals surface area contributed by atoms with Crippen molar-refractivity contribution >= 4 is 10.2 Å². The quantitative estimate of drug-likeness (QED) is 0.580. The van der Waals surface area contributed by atoms with Gasteiger partial charge in [0.2, 0.25) is 0 Å². The van der Waals surface area contributed by atoms with E-state index in [4.69, 9.17) is 0 Å². The Hall–Kier alpha value is -0.210. The van der Waals surface area contributed by atoms with Gasteiger partial charge in [-0.3, -0.25) is 0 Å². The zero-order valence-corrected chi connectivity index (χ0v) is 13.2. The molecule has 6 nitrogen and oxygen atoms in total. The van der Waals surface area contributed by atoms with Crippen LogP contribution in [0, 0.1) is 0 Å². The molecule has 2 N–H and O–H groups in total. The van der Waals surface area contributed by atoms with Crippen LogP contribution in [0.2, 0.25) is 0 Å². The highest BCUT2D eigenvalue weighted by Crippen LogP contribution is 2.08. The van der Waals surface area contributed by atoms with Gasteiger partial charge < -0.3 is 10.2 Å². The first kappa shape index (κ1) is 16.8. The second kappa shape index (κ2) is 8.16. The summed E-state index contributed by atoms with van der Waals surface area (Å²) in [5.41, 5.74) is 0. The maximum atomic E-state index is 12.1. The molecule has 0 amide bonds. The molecule has 0 aromatic rings. The highest BCUT2D eigenvalue weighted by Gasteiger charge is 2.26. The Morgan fingerprint density at radius 1 is 1.37 bits per heavy atom.